The molecule has 0 radical (unpaired) electrons. The molecule has 0 aliphatic heterocycles. The Morgan fingerprint density at radius 3 is 2.64 bits per heavy atom. The zero-order valence-corrected chi connectivity index (χ0v) is 14.5. The fraction of sp³-hybridized carbons (Fsp3) is 0.333. The molecular weight excluding hydrogens is 310 g/mol. The Morgan fingerprint density at radius 1 is 1.12 bits per heavy atom. The summed E-state index contributed by atoms with van der Waals surface area (Å²) in [6.45, 7) is 0. The van der Waals surface area contributed by atoms with E-state index >= 15 is 0 Å². The van der Waals surface area contributed by atoms with Crippen molar-refractivity contribution in [3.05, 3.63) is 59.9 Å². The van der Waals surface area contributed by atoms with Crippen molar-refractivity contribution in [2.24, 2.45) is 13.0 Å². The largest absolute Gasteiger partial charge is 0.331 e. The summed E-state index contributed by atoms with van der Waals surface area (Å²) in [6, 6.07) is 16.3. The van der Waals surface area contributed by atoms with Crippen LogP contribution in [0.4, 0.5) is 5.69 Å². The number of aryl methyl sites for hydroxylation is 3. The van der Waals surface area contributed by atoms with Gasteiger partial charge < -0.3 is 9.88 Å². The minimum absolute atomic E-state index is 0.168. The van der Waals surface area contributed by atoms with E-state index in [1.54, 1.807) is 0 Å². The van der Waals surface area contributed by atoms with Crippen LogP contribution in [0.3, 0.4) is 0 Å². The van der Waals surface area contributed by atoms with Gasteiger partial charge in [0.25, 0.3) is 0 Å². The monoisotopic (exact) mass is 333 g/mol. The first-order chi connectivity index (χ1) is 12.2. The average Bonchev–Trinajstić information content (AvgIpc) is 2.89. The van der Waals surface area contributed by atoms with Gasteiger partial charge in [-0.15, -0.1) is 0 Å². The van der Waals surface area contributed by atoms with E-state index in [4.69, 9.17) is 4.98 Å². The molecule has 1 aliphatic rings. The second kappa shape index (κ2) is 6.71. The number of imidazole rings is 1. The summed E-state index contributed by atoms with van der Waals surface area (Å²) in [6.07, 6.45) is 4.92. The fourth-order valence-electron chi connectivity index (χ4n) is 3.43. The Balaban J connectivity index is 1.50. The predicted octanol–water partition coefficient (Wildman–Crippen LogP) is 4.10. The van der Waals surface area contributed by atoms with E-state index in [-0.39, 0.29) is 11.8 Å². The summed E-state index contributed by atoms with van der Waals surface area (Å²) >= 11 is 0. The van der Waals surface area contributed by atoms with E-state index < -0.39 is 0 Å². The third-order valence-corrected chi connectivity index (χ3v) is 5.25. The van der Waals surface area contributed by atoms with Crippen LogP contribution < -0.4 is 5.32 Å². The SMILES string of the molecule is Cn1c(CCc2ccccc2NC(=O)C2CCC2)nc2ccccc21. The number of hydrogen-bond acceptors (Lipinski definition) is 2. The summed E-state index contributed by atoms with van der Waals surface area (Å²) in [5, 5.41) is 3.12. The number of anilines is 1. The number of amides is 1. The molecule has 1 fully saturated rings. The number of benzene rings is 2. The summed E-state index contributed by atoms with van der Waals surface area (Å²) in [4.78, 5) is 17.0. The molecule has 25 heavy (non-hydrogen) atoms. The number of carbonyl (C=O) groups is 1. The number of nitrogens with one attached hydrogen (secondary N) is 1. The van der Waals surface area contributed by atoms with Gasteiger partial charge in [-0.25, -0.2) is 4.98 Å². The molecule has 128 valence electrons. The molecule has 0 saturated heterocycles. The molecule has 4 heteroatoms. The molecule has 4 nitrogen and oxygen atoms in total. The van der Waals surface area contributed by atoms with Gasteiger partial charge >= 0.3 is 0 Å². The highest BCUT2D eigenvalue weighted by Crippen LogP contribution is 2.28. The van der Waals surface area contributed by atoms with Gasteiger partial charge in [0.05, 0.1) is 11.0 Å². The van der Waals surface area contributed by atoms with Crippen molar-refractivity contribution in [2.75, 3.05) is 5.32 Å². The highest BCUT2D eigenvalue weighted by atomic mass is 16.1. The molecule has 1 aromatic heterocycles. The summed E-state index contributed by atoms with van der Waals surface area (Å²) < 4.78 is 2.16. The number of fused-ring (bicyclic) bond motifs is 1. The van der Waals surface area contributed by atoms with Crippen molar-refractivity contribution in [1.82, 2.24) is 9.55 Å². The van der Waals surface area contributed by atoms with Crippen LogP contribution in [-0.4, -0.2) is 15.5 Å². The molecule has 1 amide bonds. The Hall–Kier alpha value is -2.62. The number of hydrogen-bond donors (Lipinski definition) is 1. The molecule has 1 saturated carbocycles. The second-order valence-electron chi connectivity index (χ2n) is 6.85. The van der Waals surface area contributed by atoms with Crippen LogP contribution in [0.1, 0.15) is 30.7 Å². The smallest absolute Gasteiger partial charge is 0.227 e. The summed E-state index contributed by atoms with van der Waals surface area (Å²) in [5.74, 6) is 1.44. The van der Waals surface area contributed by atoms with Crippen LogP contribution in [0.25, 0.3) is 11.0 Å². The molecule has 4 rings (SSSR count). The molecule has 0 unspecified atom stereocenters. The average molecular weight is 333 g/mol. The quantitative estimate of drug-likeness (QED) is 0.764. The van der Waals surface area contributed by atoms with Crippen molar-refractivity contribution < 1.29 is 4.79 Å². The van der Waals surface area contributed by atoms with Gasteiger partial charge in [0, 0.05) is 25.1 Å². The van der Waals surface area contributed by atoms with Crippen molar-refractivity contribution in [3.63, 3.8) is 0 Å². The van der Waals surface area contributed by atoms with Gasteiger partial charge in [-0.3, -0.25) is 4.79 Å². The van der Waals surface area contributed by atoms with Gasteiger partial charge in [0.2, 0.25) is 5.91 Å². The maximum absolute atomic E-state index is 12.3. The van der Waals surface area contributed by atoms with Crippen LogP contribution in [0.2, 0.25) is 0 Å². The van der Waals surface area contributed by atoms with Crippen molar-refractivity contribution >= 4 is 22.6 Å². The Bertz CT molecular complexity index is 908. The molecular formula is C21H23N3O. The molecule has 0 atom stereocenters. The number of rotatable bonds is 5. The van der Waals surface area contributed by atoms with Crippen LogP contribution in [-0.2, 0) is 24.7 Å². The molecule has 1 N–H and O–H groups in total. The molecule has 0 bridgehead atoms. The minimum Gasteiger partial charge on any atom is -0.331 e. The van der Waals surface area contributed by atoms with E-state index in [1.165, 1.54) is 12.0 Å². The van der Waals surface area contributed by atoms with Crippen molar-refractivity contribution in [1.29, 1.82) is 0 Å². The Labute approximate surface area is 147 Å². The van der Waals surface area contributed by atoms with Crippen molar-refractivity contribution in [3.8, 4) is 0 Å². The lowest BCUT2D eigenvalue weighted by atomic mass is 9.84. The standard InChI is InChI=1S/C21H23N3O/c1-24-19-12-5-4-11-18(19)22-20(24)14-13-15-7-2-3-10-17(15)23-21(25)16-8-6-9-16/h2-5,7,10-12,16H,6,8-9,13-14H2,1H3,(H,23,25). The third-order valence-electron chi connectivity index (χ3n) is 5.25. The second-order valence-corrected chi connectivity index (χ2v) is 6.85. The molecule has 1 aliphatic carbocycles. The third kappa shape index (κ3) is 3.16. The molecule has 3 aromatic rings. The highest BCUT2D eigenvalue weighted by Gasteiger charge is 2.25. The molecule has 1 heterocycles. The maximum Gasteiger partial charge on any atom is 0.227 e. The fourth-order valence-corrected chi connectivity index (χ4v) is 3.43. The number of carbonyl (C=O) groups excluding carboxylic acids is 1. The van der Waals surface area contributed by atoms with E-state index in [9.17, 15) is 4.79 Å². The Kier molecular flexibility index (Phi) is 4.26. The first kappa shape index (κ1) is 15.9. The zero-order chi connectivity index (χ0) is 17.2. The number of para-hydroxylation sites is 3. The maximum atomic E-state index is 12.3. The summed E-state index contributed by atoms with van der Waals surface area (Å²) in [5.41, 5.74) is 4.30. The van der Waals surface area contributed by atoms with Crippen LogP contribution in [0.5, 0.6) is 0 Å². The zero-order valence-electron chi connectivity index (χ0n) is 14.5. The van der Waals surface area contributed by atoms with E-state index in [1.807, 2.05) is 36.4 Å². The predicted molar refractivity (Wildman–Crippen MR) is 101 cm³/mol. The number of nitrogens with zero attached hydrogens (tertiary/aromatic N) is 2. The van der Waals surface area contributed by atoms with E-state index in [0.29, 0.717) is 0 Å². The minimum atomic E-state index is 0.168. The van der Waals surface area contributed by atoms with Gasteiger partial charge in [-0.2, -0.15) is 0 Å². The van der Waals surface area contributed by atoms with E-state index in [2.05, 4.69) is 29.1 Å². The normalized spacial score (nSPS) is 14.4. The topological polar surface area (TPSA) is 46.9 Å². The number of aromatic nitrogens is 2. The molecule has 0 spiro atoms. The van der Waals surface area contributed by atoms with Gasteiger partial charge in [0.15, 0.2) is 0 Å². The van der Waals surface area contributed by atoms with Gasteiger partial charge in [0.1, 0.15) is 5.82 Å². The van der Waals surface area contributed by atoms with Gasteiger partial charge in [-0.05, 0) is 43.0 Å². The van der Waals surface area contributed by atoms with Crippen LogP contribution in [0.15, 0.2) is 48.5 Å². The first-order valence-corrected chi connectivity index (χ1v) is 9.01. The lowest BCUT2D eigenvalue weighted by Gasteiger charge is -2.24. The van der Waals surface area contributed by atoms with Gasteiger partial charge in [-0.1, -0.05) is 36.8 Å². The van der Waals surface area contributed by atoms with Crippen LogP contribution in [0, 0.1) is 5.92 Å². The lowest BCUT2D eigenvalue weighted by Crippen LogP contribution is -2.28. The van der Waals surface area contributed by atoms with Crippen molar-refractivity contribution in [2.45, 2.75) is 32.1 Å². The lowest BCUT2D eigenvalue weighted by molar-refractivity contribution is -0.122. The van der Waals surface area contributed by atoms with Crippen LogP contribution >= 0.6 is 0 Å². The highest BCUT2D eigenvalue weighted by molar-refractivity contribution is 5.93. The Morgan fingerprint density at radius 2 is 1.88 bits per heavy atom. The van der Waals surface area contributed by atoms with E-state index in [0.717, 1.165) is 48.2 Å². The summed E-state index contributed by atoms with van der Waals surface area (Å²) in [7, 11) is 2.06. The molecule has 2 aromatic carbocycles. The first-order valence-electron chi connectivity index (χ1n) is 9.01.